The number of pyridine rings is 1. The van der Waals surface area contributed by atoms with Crippen LogP contribution in [0.5, 0.6) is 5.75 Å². The average molecular weight is 457 g/mol. The first-order valence-corrected chi connectivity index (χ1v) is 10.5. The van der Waals surface area contributed by atoms with Crippen molar-refractivity contribution in [1.82, 2.24) is 29.6 Å². The number of fused-ring (bicyclic) bond motifs is 1. The fourth-order valence-electron chi connectivity index (χ4n) is 3.52. The lowest BCUT2D eigenvalue weighted by molar-refractivity contribution is 0.102. The molecule has 0 aliphatic heterocycles. The highest BCUT2D eigenvalue weighted by molar-refractivity contribution is 6.04. The first kappa shape index (κ1) is 21.3. The Kier molecular flexibility index (Phi) is 5.46. The Bertz CT molecular complexity index is 1510. The van der Waals surface area contributed by atoms with E-state index in [4.69, 9.17) is 4.74 Å². The number of aryl methyl sites for hydroxylation is 2. The molecule has 5 rings (SSSR count). The Morgan fingerprint density at radius 1 is 1.09 bits per heavy atom. The molecule has 1 N–H and O–H groups in total. The van der Waals surface area contributed by atoms with Crippen molar-refractivity contribution in [1.29, 1.82) is 0 Å². The Morgan fingerprint density at radius 3 is 2.79 bits per heavy atom. The number of nitrogens with zero attached hydrogens (tertiary/aromatic N) is 6. The number of hydrogen-bond acceptors (Lipinski definition) is 6. The van der Waals surface area contributed by atoms with Gasteiger partial charge in [0.1, 0.15) is 23.8 Å². The van der Waals surface area contributed by atoms with Gasteiger partial charge in [-0.1, -0.05) is 12.1 Å². The minimum absolute atomic E-state index is 0.0173. The smallest absolute Gasteiger partial charge is 0.255 e. The second-order valence-electron chi connectivity index (χ2n) is 7.78. The minimum Gasteiger partial charge on any atom is -0.487 e. The van der Waals surface area contributed by atoms with Crippen molar-refractivity contribution in [3.63, 3.8) is 0 Å². The number of carbonyl (C=O) groups is 1. The number of hydrogen-bond donors (Lipinski definition) is 1. The summed E-state index contributed by atoms with van der Waals surface area (Å²) in [5, 5.41) is 13.9. The molecule has 0 aliphatic carbocycles. The number of nitrogens with one attached hydrogen (secondary N) is 1. The van der Waals surface area contributed by atoms with Crippen LogP contribution < -0.4 is 10.1 Å². The molecule has 3 heterocycles. The molecule has 0 saturated heterocycles. The molecule has 170 valence electrons. The van der Waals surface area contributed by atoms with Gasteiger partial charge in [0.2, 0.25) is 0 Å². The Balaban J connectivity index is 1.30. The fourth-order valence-corrected chi connectivity index (χ4v) is 3.52. The van der Waals surface area contributed by atoms with Crippen LogP contribution >= 0.6 is 0 Å². The summed E-state index contributed by atoms with van der Waals surface area (Å²) in [4.78, 5) is 17.3. The molecule has 2 aromatic carbocycles. The van der Waals surface area contributed by atoms with Gasteiger partial charge in [-0.15, -0.1) is 5.10 Å². The molecule has 0 radical (unpaired) electrons. The molecule has 5 aromatic rings. The van der Waals surface area contributed by atoms with Crippen LogP contribution in [0.2, 0.25) is 0 Å². The summed E-state index contributed by atoms with van der Waals surface area (Å²) in [6, 6.07) is 14.9. The number of benzene rings is 2. The monoisotopic (exact) mass is 457 g/mol. The summed E-state index contributed by atoms with van der Waals surface area (Å²) < 4.78 is 23.6. The quantitative estimate of drug-likeness (QED) is 0.415. The van der Waals surface area contributed by atoms with Gasteiger partial charge in [-0.05, 0) is 72.3 Å². The minimum atomic E-state index is -0.572. The van der Waals surface area contributed by atoms with Gasteiger partial charge in [0, 0.05) is 18.0 Å². The summed E-state index contributed by atoms with van der Waals surface area (Å²) >= 11 is 0. The Morgan fingerprint density at radius 2 is 1.97 bits per heavy atom. The van der Waals surface area contributed by atoms with E-state index in [1.54, 1.807) is 31.2 Å². The molecule has 0 spiro atoms. The van der Waals surface area contributed by atoms with Gasteiger partial charge in [-0.3, -0.25) is 4.79 Å². The number of imidazole rings is 1. The standard InChI is InChI=1S/C24H20FN7O2/c1-15-6-9-23-26-18(13-31(23)12-15)14-34-20-5-3-4-17(10-20)24(33)27-22-11-19(7-8-21(22)25)32-16(2)28-29-30-32/h3-13H,14H2,1-2H3,(H,27,33). The van der Waals surface area contributed by atoms with Gasteiger partial charge in [0.05, 0.1) is 17.1 Å². The van der Waals surface area contributed by atoms with Gasteiger partial charge in [-0.2, -0.15) is 4.68 Å². The molecule has 0 atom stereocenters. The van der Waals surface area contributed by atoms with E-state index in [1.807, 2.05) is 35.9 Å². The number of anilines is 1. The van der Waals surface area contributed by atoms with E-state index in [0.29, 0.717) is 22.8 Å². The predicted molar refractivity (Wildman–Crippen MR) is 123 cm³/mol. The summed E-state index contributed by atoms with van der Waals surface area (Å²) in [5.74, 6) is -0.00985. The Hall–Kier alpha value is -4.60. The first-order chi connectivity index (χ1) is 16.5. The number of aromatic nitrogens is 6. The molecule has 0 saturated carbocycles. The number of ether oxygens (including phenoxy) is 1. The number of amides is 1. The van der Waals surface area contributed by atoms with Crippen molar-refractivity contribution < 1.29 is 13.9 Å². The van der Waals surface area contributed by atoms with E-state index in [9.17, 15) is 9.18 Å². The molecule has 9 nitrogen and oxygen atoms in total. The molecule has 1 amide bonds. The second kappa shape index (κ2) is 8.74. The zero-order chi connectivity index (χ0) is 23.7. The highest BCUT2D eigenvalue weighted by Gasteiger charge is 2.13. The lowest BCUT2D eigenvalue weighted by atomic mass is 10.2. The molecular formula is C24H20FN7O2. The maximum absolute atomic E-state index is 14.4. The lowest BCUT2D eigenvalue weighted by Crippen LogP contribution is -2.14. The highest BCUT2D eigenvalue weighted by atomic mass is 19.1. The molecule has 10 heteroatoms. The van der Waals surface area contributed by atoms with Crippen molar-refractivity contribution in [2.75, 3.05) is 5.32 Å². The topological polar surface area (TPSA) is 99.2 Å². The van der Waals surface area contributed by atoms with Gasteiger partial charge in [-0.25, -0.2) is 9.37 Å². The number of halogens is 1. The summed E-state index contributed by atoms with van der Waals surface area (Å²) in [5.41, 5.74) is 3.59. The van der Waals surface area contributed by atoms with Crippen molar-refractivity contribution in [2.24, 2.45) is 0 Å². The van der Waals surface area contributed by atoms with Crippen LogP contribution in [0.1, 0.15) is 27.4 Å². The molecule has 0 fully saturated rings. The average Bonchev–Trinajstić information content (AvgIpc) is 3.44. The highest BCUT2D eigenvalue weighted by Crippen LogP contribution is 2.21. The molecule has 0 bridgehead atoms. The number of tetrazole rings is 1. The molecule has 0 aliphatic rings. The Labute approximate surface area is 193 Å². The van der Waals surface area contributed by atoms with E-state index in [-0.39, 0.29) is 12.3 Å². The van der Waals surface area contributed by atoms with Crippen molar-refractivity contribution >= 4 is 17.2 Å². The normalized spacial score (nSPS) is 11.0. The third-order valence-electron chi connectivity index (χ3n) is 5.20. The maximum Gasteiger partial charge on any atom is 0.255 e. The fraction of sp³-hybridized carbons (Fsp3) is 0.125. The molecule has 3 aromatic heterocycles. The van der Waals surface area contributed by atoms with E-state index >= 15 is 0 Å². The van der Waals surface area contributed by atoms with E-state index in [2.05, 4.69) is 25.8 Å². The first-order valence-electron chi connectivity index (χ1n) is 10.5. The zero-order valence-corrected chi connectivity index (χ0v) is 18.4. The van der Waals surface area contributed by atoms with Gasteiger partial charge >= 0.3 is 0 Å². The van der Waals surface area contributed by atoms with Crippen LogP contribution in [-0.4, -0.2) is 35.5 Å². The number of carbonyl (C=O) groups excluding carboxylic acids is 1. The van der Waals surface area contributed by atoms with E-state index in [1.165, 1.54) is 22.9 Å². The van der Waals surface area contributed by atoms with Gasteiger partial charge < -0.3 is 14.5 Å². The summed E-state index contributed by atoms with van der Waals surface area (Å²) in [7, 11) is 0. The summed E-state index contributed by atoms with van der Waals surface area (Å²) in [6.45, 7) is 3.98. The van der Waals surface area contributed by atoms with Crippen LogP contribution in [-0.2, 0) is 6.61 Å². The van der Waals surface area contributed by atoms with Crippen LogP contribution in [0.3, 0.4) is 0 Å². The van der Waals surface area contributed by atoms with Crippen molar-refractivity contribution in [2.45, 2.75) is 20.5 Å². The summed E-state index contributed by atoms with van der Waals surface area (Å²) in [6.07, 6.45) is 3.90. The third kappa shape index (κ3) is 4.33. The van der Waals surface area contributed by atoms with Crippen molar-refractivity contribution in [3.05, 3.63) is 95.5 Å². The molecule has 34 heavy (non-hydrogen) atoms. The largest absolute Gasteiger partial charge is 0.487 e. The van der Waals surface area contributed by atoms with Gasteiger partial charge in [0.25, 0.3) is 5.91 Å². The second-order valence-corrected chi connectivity index (χ2v) is 7.78. The van der Waals surface area contributed by atoms with Crippen LogP contribution in [0.15, 0.2) is 67.0 Å². The maximum atomic E-state index is 14.4. The lowest BCUT2D eigenvalue weighted by Gasteiger charge is -2.10. The van der Waals surface area contributed by atoms with E-state index < -0.39 is 11.7 Å². The van der Waals surface area contributed by atoms with E-state index in [0.717, 1.165) is 16.9 Å². The number of rotatable bonds is 6. The van der Waals surface area contributed by atoms with Crippen LogP contribution in [0.25, 0.3) is 11.3 Å². The van der Waals surface area contributed by atoms with Crippen LogP contribution in [0.4, 0.5) is 10.1 Å². The predicted octanol–water partition coefficient (Wildman–Crippen LogP) is 3.90. The van der Waals surface area contributed by atoms with Crippen molar-refractivity contribution in [3.8, 4) is 11.4 Å². The zero-order valence-electron chi connectivity index (χ0n) is 18.4. The van der Waals surface area contributed by atoms with Crippen LogP contribution in [0, 0.1) is 19.7 Å². The SMILES string of the molecule is Cc1ccc2nc(COc3cccc(C(=O)Nc4cc(-n5nnnc5C)ccc4F)c3)cn2c1. The third-order valence-corrected chi connectivity index (χ3v) is 5.20. The molecule has 0 unspecified atom stereocenters. The molecular weight excluding hydrogens is 437 g/mol. The van der Waals surface area contributed by atoms with Gasteiger partial charge in [0.15, 0.2) is 5.82 Å².